The maximum absolute atomic E-state index is 13.3. The molecule has 1 aliphatic heterocycles. The SMILES string of the molecule is COc1cc(NC(=O)c2cn3c(n2)NCCC3)ccc1F. The van der Waals surface area contributed by atoms with E-state index in [0.29, 0.717) is 17.3 Å². The summed E-state index contributed by atoms with van der Waals surface area (Å²) < 4.78 is 20.1. The molecule has 0 unspecified atom stereocenters. The van der Waals surface area contributed by atoms with Crippen molar-refractivity contribution >= 4 is 17.5 Å². The van der Waals surface area contributed by atoms with Crippen LogP contribution in [0.2, 0.25) is 0 Å². The molecule has 0 fully saturated rings. The van der Waals surface area contributed by atoms with Crippen LogP contribution in [0.1, 0.15) is 16.9 Å². The summed E-state index contributed by atoms with van der Waals surface area (Å²) in [5.41, 5.74) is 0.778. The molecule has 3 rings (SSSR count). The fraction of sp³-hybridized carbons (Fsp3) is 0.286. The van der Waals surface area contributed by atoms with Crippen LogP contribution in [0.3, 0.4) is 0 Å². The van der Waals surface area contributed by atoms with E-state index in [-0.39, 0.29) is 11.7 Å². The number of nitrogens with zero attached hydrogens (tertiary/aromatic N) is 2. The number of ether oxygens (including phenoxy) is 1. The second-order valence-electron chi connectivity index (χ2n) is 4.73. The molecule has 0 spiro atoms. The monoisotopic (exact) mass is 290 g/mol. The molecule has 0 saturated heterocycles. The summed E-state index contributed by atoms with van der Waals surface area (Å²) >= 11 is 0. The van der Waals surface area contributed by atoms with E-state index >= 15 is 0 Å². The molecule has 2 N–H and O–H groups in total. The molecule has 0 aliphatic carbocycles. The third kappa shape index (κ3) is 2.67. The van der Waals surface area contributed by atoms with Crippen molar-refractivity contribution in [2.24, 2.45) is 0 Å². The third-order valence-corrected chi connectivity index (χ3v) is 3.28. The van der Waals surface area contributed by atoms with E-state index in [1.807, 2.05) is 4.57 Å². The Bertz CT molecular complexity index is 660. The molecule has 1 aromatic carbocycles. The van der Waals surface area contributed by atoms with E-state index in [1.54, 1.807) is 6.20 Å². The summed E-state index contributed by atoms with van der Waals surface area (Å²) in [6.45, 7) is 1.69. The molecule has 0 saturated carbocycles. The van der Waals surface area contributed by atoms with Gasteiger partial charge < -0.3 is 19.9 Å². The number of rotatable bonds is 3. The first-order valence-corrected chi connectivity index (χ1v) is 6.63. The molecule has 2 aromatic rings. The number of methoxy groups -OCH3 is 1. The maximum Gasteiger partial charge on any atom is 0.275 e. The quantitative estimate of drug-likeness (QED) is 0.908. The number of imidazole rings is 1. The number of nitrogens with one attached hydrogen (secondary N) is 2. The van der Waals surface area contributed by atoms with Crippen LogP contribution in [-0.2, 0) is 6.54 Å². The summed E-state index contributed by atoms with van der Waals surface area (Å²) in [5, 5.41) is 5.81. The number of hydrogen-bond acceptors (Lipinski definition) is 4. The molecule has 21 heavy (non-hydrogen) atoms. The summed E-state index contributed by atoms with van der Waals surface area (Å²) in [4.78, 5) is 16.4. The molecule has 2 heterocycles. The van der Waals surface area contributed by atoms with Gasteiger partial charge in [-0.25, -0.2) is 9.37 Å². The van der Waals surface area contributed by atoms with Crippen molar-refractivity contribution in [3.8, 4) is 5.75 Å². The van der Waals surface area contributed by atoms with E-state index in [2.05, 4.69) is 15.6 Å². The van der Waals surface area contributed by atoms with E-state index in [0.717, 1.165) is 19.5 Å². The van der Waals surface area contributed by atoms with E-state index in [1.165, 1.54) is 25.3 Å². The lowest BCUT2D eigenvalue weighted by molar-refractivity contribution is 0.102. The van der Waals surface area contributed by atoms with Gasteiger partial charge in [-0.05, 0) is 18.6 Å². The Morgan fingerprint density at radius 1 is 1.52 bits per heavy atom. The van der Waals surface area contributed by atoms with Gasteiger partial charge in [0.15, 0.2) is 11.6 Å². The number of hydrogen-bond donors (Lipinski definition) is 2. The Balaban J connectivity index is 1.78. The number of aryl methyl sites for hydroxylation is 1. The van der Waals surface area contributed by atoms with Crippen LogP contribution in [0.15, 0.2) is 24.4 Å². The van der Waals surface area contributed by atoms with Crippen molar-refractivity contribution in [1.29, 1.82) is 0 Å². The minimum Gasteiger partial charge on any atom is -0.494 e. The van der Waals surface area contributed by atoms with Gasteiger partial charge in [-0.1, -0.05) is 0 Å². The minimum atomic E-state index is -0.475. The number of fused-ring (bicyclic) bond motifs is 1. The zero-order valence-corrected chi connectivity index (χ0v) is 11.5. The molecule has 1 amide bonds. The Morgan fingerprint density at radius 2 is 2.38 bits per heavy atom. The van der Waals surface area contributed by atoms with Crippen molar-refractivity contribution in [3.05, 3.63) is 35.9 Å². The lowest BCUT2D eigenvalue weighted by Gasteiger charge is -2.14. The summed E-state index contributed by atoms with van der Waals surface area (Å²) in [7, 11) is 1.37. The molecule has 1 aromatic heterocycles. The van der Waals surface area contributed by atoms with Crippen LogP contribution < -0.4 is 15.4 Å². The van der Waals surface area contributed by atoms with Crippen molar-refractivity contribution in [3.63, 3.8) is 0 Å². The molecular weight excluding hydrogens is 275 g/mol. The molecule has 0 atom stereocenters. The second kappa shape index (κ2) is 5.43. The van der Waals surface area contributed by atoms with Crippen LogP contribution in [0.5, 0.6) is 5.75 Å². The number of carbonyl (C=O) groups excluding carboxylic acids is 1. The molecule has 0 radical (unpaired) electrons. The first-order valence-electron chi connectivity index (χ1n) is 6.63. The van der Waals surface area contributed by atoms with Gasteiger partial charge in [-0.15, -0.1) is 0 Å². The molecule has 110 valence electrons. The van der Waals surface area contributed by atoms with Crippen molar-refractivity contribution in [1.82, 2.24) is 9.55 Å². The predicted molar refractivity (Wildman–Crippen MR) is 76.2 cm³/mol. The number of halogens is 1. The lowest BCUT2D eigenvalue weighted by atomic mass is 10.2. The van der Waals surface area contributed by atoms with E-state index < -0.39 is 5.82 Å². The highest BCUT2D eigenvalue weighted by Gasteiger charge is 2.17. The van der Waals surface area contributed by atoms with Gasteiger partial charge in [-0.3, -0.25) is 4.79 Å². The zero-order valence-electron chi connectivity index (χ0n) is 11.5. The minimum absolute atomic E-state index is 0.0820. The van der Waals surface area contributed by atoms with Crippen LogP contribution in [0.25, 0.3) is 0 Å². The topological polar surface area (TPSA) is 68.2 Å². The number of carbonyl (C=O) groups is 1. The maximum atomic E-state index is 13.3. The molecule has 1 aliphatic rings. The van der Waals surface area contributed by atoms with Crippen LogP contribution in [0.4, 0.5) is 16.0 Å². The Kier molecular flexibility index (Phi) is 3.47. The normalized spacial score (nSPS) is 13.2. The van der Waals surface area contributed by atoms with Gasteiger partial charge in [0.05, 0.1) is 7.11 Å². The van der Waals surface area contributed by atoms with Crippen LogP contribution >= 0.6 is 0 Å². The molecule has 0 bridgehead atoms. The first kappa shape index (κ1) is 13.4. The van der Waals surface area contributed by atoms with Crippen molar-refractivity contribution in [2.45, 2.75) is 13.0 Å². The Morgan fingerprint density at radius 3 is 3.14 bits per heavy atom. The summed E-state index contributed by atoms with van der Waals surface area (Å²) in [5.74, 6) is -0.0359. The second-order valence-corrected chi connectivity index (χ2v) is 4.73. The number of amides is 1. The largest absolute Gasteiger partial charge is 0.494 e. The van der Waals surface area contributed by atoms with E-state index in [4.69, 9.17) is 4.74 Å². The van der Waals surface area contributed by atoms with Gasteiger partial charge in [0.1, 0.15) is 5.69 Å². The lowest BCUT2D eigenvalue weighted by Crippen LogP contribution is -2.16. The average Bonchev–Trinajstić information content (AvgIpc) is 2.93. The standard InChI is InChI=1S/C14H15FN4O2/c1-21-12-7-9(3-4-10(12)15)17-13(20)11-8-19-6-2-5-16-14(19)18-11/h3-4,7-8H,2,5-6H2,1H3,(H,16,18)(H,17,20). The van der Waals surface area contributed by atoms with Gasteiger partial charge in [0, 0.05) is 31.0 Å². The predicted octanol–water partition coefficient (Wildman–Crippen LogP) is 2.10. The molecule has 7 heteroatoms. The average molecular weight is 290 g/mol. The van der Waals surface area contributed by atoms with Gasteiger partial charge in [-0.2, -0.15) is 0 Å². The highest BCUT2D eigenvalue weighted by atomic mass is 19.1. The zero-order chi connectivity index (χ0) is 14.8. The van der Waals surface area contributed by atoms with Crippen molar-refractivity contribution < 1.29 is 13.9 Å². The third-order valence-electron chi connectivity index (χ3n) is 3.28. The smallest absolute Gasteiger partial charge is 0.275 e. The number of anilines is 2. The van der Waals surface area contributed by atoms with E-state index in [9.17, 15) is 9.18 Å². The molecule has 6 nitrogen and oxygen atoms in total. The fourth-order valence-electron chi connectivity index (χ4n) is 2.22. The highest BCUT2D eigenvalue weighted by molar-refractivity contribution is 6.03. The summed E-state index contributed by atoms with van der Waals surface area (Å²) in [6.07, 6.45) is 2.71. The highest BCUT2D eigenvalue weighted by Crippen LogP contribution is 2.22. The van der Waals surface area contributed by atoms with Gasteiger partial charge in [0.25, 0.3) is 5.91 Å². The van der Waals surface area contributed by atoms with Crippen LogP contribution in [0, 0.1) is 5.82 Å². The fourth-order valence-corrected chi connectivity index (χ4v) is 2.22. The Hall–Kier alpha value is -2.57. The van der Waals surface area contributed by atoms with Crippen LogP contribution in [-0.4, -0.2) is 29.1 Å². The Labute approximate surface area is 120 Å². The number of benzene rings is 1. The number of aromatic nitrogens is 2. The summed E-state index contributed by atoms with van der Waals surface area (Å²) in [6, 6.07) is 4.15. The molecular formula is C14H15FN4O2. The van der Waals surface area contributed by atoms with Crippen molar-refractivity contribution in [2.75, 3.05) is 24.3 Å². The first-order chi connectivity index (χ1) is 10.2. The van der Waals surface area contributed by atoms with Gasteiger partial charge in [0.2, 0.25) is 5.95 Å². The van der Waals surface area contributed by atoms with Gasteiger partial charge >= 0.3 is 0 Å².